The van der Waals surface area contributed by atoms with Gasteiger partial charge in [0.25, 0.3) is 0 Å². The van der Waals surface area contributed by atoms with Gasteiger partial charge in [0.1, 0.15) is 0 Å². The first-order valence-electron chi connectivity index (χ1n) is 7.05. The Balaban J connectivity index is 1.97. The van der Waals surface area contributed by atoms with Gasteiger partial charge in [0.05, 0.1) is 5.52 Å². The molecule has 3 nitrogen and oxygen atoms in total. The molecule has 0 atom stereocenters. The van der Waals surface area contributed by atoms with Gasteiger partial charge in [-0.05, 0) is 36.8 Å². The molecule has 1 aromatic heterocycles. The minimum atomic E-state index is 0.798. The summed E-state index contributed by atoms with van der Waals surface area (Å²) in [4.78, 5) is 6.85. The molecule has 0 unspecified atom stereocenters. The normalized spacial score (nSPS) is 10.8. The van der Waals surface area contributed by atoms with Crippen LogP contribution in [0.2, 0.25) is 0 Å². The predicted octanol–water partition coefficient (Wildman–Crippen LogP) is 3.76. The molecule has 0 fully saturated rings. The number of anilines is 2. The van der Waals surface area contributed by atoms with Gasteiger partial charge in [0.2, 0.25) is 0 Å². The van der Waals surface area contributed by atoms with Gasteiger partial charge in [0.15, 0.2) is 0 Å². The molecule has 2 aromatic carbocycles. The van der Waals surface area contributed by atoms with Crippen LogP contribution in [0.25, 0.3) is 10.9 Å². The van der Waals surface area contributed by atoms with Crippen molar-refractivity contribution in [3.63, 3.8) is 0 Å². The van der Waals surface area contributed by atoms with Crippen molar-refractivity contribution in [1.29, 1.82) is 0 Å². The summed E-state index contributed by atoms with van der Waals surface area (Å²) in [7, 11) is 2.11. The molecule has 0 aliphatic heterocycles. The maximum absolute atomic E-state index is 5.74. The van der Waals surface area contributed by atoms with Crippen molar-refractivity contribution in [2.45, 2.75) is 13.5 Å². The van der Waals surface area contributed by atoms with Crippen LogP contribution in [0, 0.1) is 6.92 Å². The van der Waals surface area contributed by atoms with Crippen LogP contribution in [0.1, 0.15) is 11.3 Å². The molecule has 3 aromatic rings. The summed E-state index contributed by atoms with van der Waals surface area (Å²) in [5.41, 5.74) is 11.1. The van der Waals surface area contributed by atoms with E-state index in [0.29, 0.717) is 0 Å². The van der Waals surface area contributed by atoms with Crippen LogP contribution in [-0.4, -0.2) is 12.0 Å². The first kappa shape index (κ1) is 13.4. The molecule has 0 amide bonds. The van der Waals surface area contributed by atoms with Crippen LogP contribution < -0.4 is 10.6 Å². The highest BCUT2D eigenvalue weighted by Crippen LogP contribution is 2.27. The molecule has 0 bridgehead atoms. The summed E-state index contributed by atoms with van der Waals surface area (Å²) in [5.74, 6) is 0. The number of rotatable bonds is 3. The Hall–Kier alpha value is -2.55. The van der Waals surface area contributed by atoms with Gasteiger partial charge in [0, 0.05) is 36.0 Å². The summed E-state index contributed by atoms with van der Waals surface area (Å²) in [6.07, 6.45) is 0. The van der Waals surface area contributed by atoms with Gasteiger partial charge in [-0.2, -0.15) is 0 Å². The van der Waals surface area contributed by atoms with Crippen LogP contribution in [0.3, 0.4) is 0 Å². The Morgan fingerprint density at radius 3 is 2.52 bits per heavy atom. The minimum absolute atomic E-state index is 0.798. The third-order valence-corrected chi connectivity index (χ3v) is 3.63. The Labute approximate surface area is 125 Å². The van der Waals surface area contributed by atoms with E-state index in [0.717, 1.165) is 23.4 Å². The van der Waals surface area contributed by atoms with Crippen molar-refractivity contribution in [3.8, 4) is 0 Å². The topological polar surface area (TPSA) is 42.1 Å². The van der Waals surface area contributed by atoms with Gasteiger partial charge in [-0.15, -0.1) is 0 Å². The molecular formula is C18H19N3. The lowest BCUT2D eigenvalue weighted by Crippen LogP contribution is -2.17. The molecule has 0 radical (unpaired) electrons. The Bertz CT molecular complexity index is 763. The molecule has 3 heteroatoms. The van der Waals surface area contributed by atoms with E-state index < -0.39 is 0 Å². The van der Waals surface area contributed by atoms with Crippen molar-refractivity contribution in [2.75, 3.05) is 17.7 Å². The fourth-order valence-electron chi connectivity index (χ4n) is 2.58. The van der Waals surface area contributed by atoms with E-state index in [1.54, 1.807) is 0 Å². The summed E-state index contributed by atoms with van der Waals surface area (Å²) in [6, 6.07) is 18.4. The molecule has 3 rings (SSSR count). The largest absolute Gasteiger partial charge is 0.399 e. The average Bonchev–Trinajstić information content (AvgIpc) is 2.48. The van der Waals surface area contributed by atoms with Gasteiger partial charge >= 0.3 is 0 Å². The standard InChI is InChI=1S/C18H19N3/c1-13-11-18(16-5-3-4-6-17(16)20-13)21(2)12-14-7-9-15(19)10-8-14/h3-11H,12,19H2,1-2H3. The number of fused-ring (bicyclic) bond motifs is 1. The molecule has 2 N–H and O–H groups in total. The Kier molecular flexibility index (Phi) is 3.48. The zero-order valence-corrected chi connectivity index (χ0v) is 12.4. The average molecular weight is 277 g/mol. The highest BCUT2D eigenvalue weighted by atomic mass is 15.1. The summed E-state index contributed by atoms with van der Waals surface area (Å²) in [6.45, 7) is 2.88. The van der Waals surface area contributed by atoms with Crippen molar-refractivity contribution in [1.82, 2.24) is 4.98 Å². The number of para-hydroxylation sites is 1. The molecule has 0 aliphatic carbocycles. The van der Waals surface area contributed by atoms with Crippen LogP contribution in [0.5, 0.6) is 0 Å². The first-order chi connectivity index (χ1) is 10.1. The number of aromatic nitrogens is 1. The van der Waals surface area contributed by atoms with E-state index in [2.05, 4.69) is 53.3 Å². The Morgan fingerprint density at radius 2 is 1.76 bits per heavy atom. The number of nitrogen functional groups attached to an aromatic ring is 1. The molecule has 106 valence electrons. The minimum Gasteiger partial charge on any atom is -0.399 e. The zero-order valence-electron chi connectivity index (χ0n) is 12.4. The van der Waals surface area contributed by atoms with E-state index in [1.807, 2.05) is 25.1 Å². The molecule has 0 saturated carbocycles. The fourth-order valence-corrected chi connectivity index (χ4v) is 2.58. The highest BCUT2D eigenvalue weighted by Gasteiger charge is 2.08. The van der Waals surface area contributed by atoms with Gasteiger partial charge in [-0.3, -0.25) is 4.98 Å². The monoisotopic (exact) mass is 277 g/mol. The third-order valence-electron chi connectivity index (χ3n) is 3.63. The number of hydrogen-bond donors (Lipinski definition) is 1. The van der Waals surface area contributed by atoms with Gasteiger partial charge < -0.3 is 10.6 Å². The van der Waals surface area contributed by atoms with Crippen LogP contribution >= 0.6 is 0 Å². The SMILES string of the molecule is Cc1cc(N(C)Cc2ccc(N)cc2)c2ccccc2n1. The quantitative estimate of drug-likeness (QED) is 0.741. The fraction of sp³-hybridized carbons (Fsp3) is 0.167. The summed E-state index contributed by atoms with van der Waals surface area (Å²) < 4.78 is 0. The second-order valence-corrected chi connectivity index (χ2v) is 5.40. The maximum Gasteiger partial charge on any atom is 0.0726 e. The smallest absolute Gasteiger partial charge is 0.0726 e. The van der Waals surface area contributed by atoms with E-state index >= 15 is 0 Å². The summed E-state index contributed by atoms with van der Waals surface area (Å²) in [5, 5.41) is 1.18. The molecular weight excluding hydrogens is 258 g/mol. The molecule has 0 spiro atoms. The van der Waals surface area contributed by atoms with Crippen LogP contribution in [-0.2, 0) is 6.54 Å². The molecule has 1 heterocycles. The van der Waals surface area contributed by atoms with Gasteiger partial charge in [-0.1, -0.05) is 30.3 Å². The molecule has 0 aliphatic rings. The van der Waals surface area contributed by atoms with Crippen molar-refractivity contribution >= 4 is 22.3 Å². The van der Waals surface area contributed by atoms with Crippen molar-refractivity contribution in [3.05, 3.63) is 65.9 Å². The Morgan fingerprint density at radius 1 is 1.05 bits per heavy atom. The predicted molar refractivity (Wildman–Crippen MR) is 89.4 cm³/mol. The lowest BCUT2D eigenvalue weighted by atomic mass is 10.1. The van der Waals surface area contributed by atoms with Crippen molar-refractivity contribution < 1.29 is 0 Å². The lowest BCUT2D eigenvalue weighted by molar-refractivity contribution is 0.925. The second kappa shape index (κ2) is 5.44. The number of hydrogen-bond acceptors (Lipinski definition) is 3. The van der Waals surface area contributed by atoms with E-state index in [4.69, 9.17) is 5.73 Å². The van der Waals surface area contributed by atoms with E-state index in [9.17, 15) is 0 Å². The highest BCUT2D eigenvalue weighted by molar-refractivity contribution is 5.91. The maximum atomic E-state index is 5.74. The third kappa shape index (κ3) is 2.82. The number of benzene rings is 2. The van der Waals surface area contributed by atoms with E-state index in [1.165, 1.54) is 16.6 Å². The zero-order chi connectivity index (χ0) is 14.8. The van der Waals surface area contributed by atoms with Crippen LogP contribution in [0.4, 0.5) is 11.4 Å². The van der Waals surface area contributed by atoms with Gasteiger partial charge in [-0.25, -0.2) is 0 Å². The van der Waals surface area contributed by atoms with E-state index in [-0.39, 0.29) is 0 Å². The molecule has 21 heavy (non-hydrogen) atoms. The number of pyridine rings is 1. The van der Waals surface area contributed by atoms with Crippen LogP contribution in [0.15, 0.2) is 54.6 Å². The van der Waals surface area contributed by atoms with Crippen molar-refractivity contribution in [2.24, 2.45) is 0 Å². The summed E-state index contributed by atoms with van der Waals surface area (Å²) >= 11 is 0. The second-order valence-electron chi connectivity index (χ2n) is 5.40. The number of nitrogens with two attached hydrogens (primary N) is 1. The molecule has 0 saturated heterocycles. The lowest BCUT2D eigenvalue weighted by Gasteiger charge is -2.22. The first-order valence-corrected chi connectivity index (χ1v) is 7.05. The number of aryl methyl sites for hydroxylation is 1. The number of nitrogens with zero attached hydrogens (tertiary/aromatic N) is 2.